The van der Waals surface area contributed by atoms with Gasteiger partial charge in [0.2, 0.25) is 0 Å². The van der Waals surface area contributed by atoms with E-state index in [4.69, 9.17) is 9.68 Å². The Morgan fingerprint density at radius 2 is 2.38 bits per heavy atom. The van der Waals surface area contributed by atoms with Crippen molar-refractivity contribution >= 4 is 21.6 Å². The van der Waals surface area contributed by atoms with Crippen LogP contribution in [0.3, 0.4) is 0 Å². The van der Waals surface area contributed by atoms with Crippen LogP contribution in [0.2, 0.25) is 0 Å². The van der Waals surface area contributed by atoms with Crippen LogP contribution in [0.1, 0.15) is 5.56 Å². The molecule has 2 rings (SSSR count). The van der Waals surface area contributed by atoms with Crippen LogP contribution >= 0.6 is 11.3 Å². The maximum absolute atomic E-state index is 10.8. The van der Waals surface area contributed by atoms with Crippen LogP contribution in [0.4, 0.5) is 0 Å². The first-order valence-corrected chi connectivity index (χ1v) is 4.51. The lowest BCUT2D eigenvalue weighted by Crippen LogP contribution is -1.80. The van der Waals surface area contributed by atoms with E-state index in [1.165, 1.54) is 0 Å². The Labute approximate surface area is 77.8 Å². The molecule has 0 bridgehead atoms. The van der Waals surface area contributed by atoms with E-state index in [0.717, 1.165) is 21.6 Å². The molecular weight excluding hydrogens is 186 g/mol. The van der Waals surface area contributed by atoms with Gasteiger partial charge in [0.05, 0.1) is 17.2 Å². The summed E-state index contributed by atoms with van der Waals surface area (Å²) in [4.78, 5) is 10.5. The fourth-order valence-electron chi connectivity index (χ4n) is 1.12. The predicted octanol–water partition coefficient (Wildman–Crippen LogP) is 1.92. The molecule has 0 N–H and O–H groups in total. The van der Waals surface area contributed by atoms with E-state index in [0.29, 0.717) is 12.0 Å². The highest BCUT2D eigenvalue weighted by atomic mass is 32.1. The van der Waals surface area contributed by atoms with E-state index >= 15 is 0 Å². The second kappa shape index (κ2) is 3.04. The largest absolute Gasteiger partial charge is 0.414 e. The summed E-state index contributed by atoms with van der Waals surface area (Å²) in [5.41, 5.74) is 1.44. The van der Waals surface area contributed by atoms with Crippen molar-refractivity contribution in [2.75, 3.05) is 0 Å². The molecule has 2 aromatic rings. The Morgan fingerprint density at radius 1 is 1.54 bits per heavy atom. The zero-order valence-corrected chi connectivity index (χ0v) is 7.43. The summed E-state index contributed by atoms with van der Waals surface area (Å²) in [5.74, 6) is 0. The maximum atomic E-state index is 10.8. The van der Waals surface area contributed by atoms with Gasteiger partial charge in [-0.3, -0.25) is 0 Å². The summed E-state index contributed by atoms with van der Waals surface area (Å²) in [7, 11) is 0. The van der Waals surface area contributed by atoms with Crippen LogP contribution in [0.15, 0.2) is 27.4 Å². The molecule has 3 nitrogen and oxygen atoms in total. The summed E-state index contributed by atoms with van der Waals surface area (Å²) >= 11 is 1.07. The highest BCUT2D eigenvalue weighted by molar-refractivity contribution is 7.16. The molecular formula is C9H5NO2S. The third-order valence-electron chi connectivity index (χ3n) is 1.68. The number of benzene rings is 1. The smallest absolute Gasteiger partial charge is 0.396 e. The van der Waals surface area contributed by atoms with Gasteiger partial charge >= 0.3 is 4.94 Å². The molecule has 1 heterocycles. The molecule has 0 unspecified atom stereocenters. The van der Waals surface area contributed by atoms with Gasteiger partial charge in [0.15, 0.2) is 0 Å². The normalized spacial score (nSPS) is 10.1. The van der Waals surface area contributed by atoms with Crippen LogP contribution in [0.5, 0.6) is 0 Å². The van der Waals surface area contributed by atoms with Gasteiger partial charge in [-0.2, -0.15) is 5.26 Å². The third kappa shape index (κ3) is 1.46. The molecule has 0 spiro atoms. The second-order valence-corrected chi connectivity index (χ2v) is 3.55. The van der Waals surface area contributed by atoms with Gasteiger partial charge in [-0.25, -0.2) is 4.79 Å². The minimum Gasteiger partial charge on any atom is -0.414 e. The SMILES string of the molecule is N#CCc1ccc2sc(=O)oc2c1. The van der Waals surface area contributed by atoms with Gasteiger partial charge in [0.25, 0.3) is 0 Å². The minimum atomic E-state index is -0.302. The van der Waals surface area contributed by atoms with Crippen LogP contribution in [0.25, 0.3) is 10.3 Å². The molecule has 13 heavy (non-hydrogen) atoms. The summed E-state index contributed by atoms with van der Waals surface area (Å²) < 4.78 is 5.73. The van der Waals surface area contributed by atoms with Crippen molar-refractivity contribution in [1.82, 2.24) is 0 Å². The number of nitriles is 1. The molecule has 0 aliphatic rings. The number of hydrogen-bond donors (Lipinski definition) is 0. The Kier molecular flexibility index (Phi) is 1.87. The van der Waals surface area contributed by atoms with E-state index < -0.39 is 0 Å². The molecule has 0 aliphatic heterocycles. The zero-order chi connectivity index (χ0) is 9.26. The van der Waals surface area contributed by atoms with Crippen LogP contribution < -0.4 is 4.94 Å². The summed E-state index contributed by atoms with van der Waals surface area (Å²) in [6.45, 7) is 0. The van der Waals surface area contributed by atoms with Gasteiger partial charge in [0, 0.05) is 0 Å². The van der Waals surface area contributed by atoms with Gasteiger partial charge in [-0.15, -0.1) is 0 Å². The van der Waals surface area contributed by atoms with Crippen molar-refractivity contribution in [3.8, 4) is 6.07 Å². The quantitative estimate of drug-likeness (QED) is 0.691. The van der Waals surface area contributed by atoms with Crippen molar-refractivity contribution in [3.05, 3.63) is 33.5 Å². The standard InChI is InChI=1S/C9H5NO2S/c10-4-3-6-1-2-8-7(5-6)12-9(11)13-8/h1-2,5H,3H2. The minimum absolute atomic E-state index is 0.302. The van der Waals surface area contributed by atoms with Crippen molar-refractivity contribution in [3.63, 3.8) is 0 Å². The molecule has 0 saturated heterocycles. The molecule has 4 heteroatoms. The summed E-state index contributed by atoms with van der Waals surface area (Å²) in [6.07, 6.45) is 0.343. The summed E-state index contributed by atoms with van der Waals surface area (Å²) in [5, 5.41) is 8.46. The fourth-order valence-corrected chi connectivity index (χ4v) is 1.77. The molecule has 1 aromatic heterocycles. The number of nitrogens with zero attached hydrogens (tertiary/aromatic N) is 1. The van der Waals surface area contributed by atoms with Gasteiger partial charge < -0.3 is 4.42 Å². The fraction of sp³-hybridized carbons (Fsp3) is 0.111. The first-order valence-electron chi connectivity index (χ1n) is 3.69. The topological polar surface area (TPSA) is 54.0 Å². The highest BCUT2D eigenvalue weighted by Crippen LogP contribution is 2.18. The van der Waals surface area contributed by atoms with Crippen molar-refractivity contribution in [2.45, 2.75) is 6.42 Å². The lowest BCUT2D eigenvalue weighted by Gasteiger charge is -1.91. The molecule has 0 aliphatic carbocycles. The van der Waals surface area contributed by atoms with Crippen LogP contribution in [-0.2, 0) is 6.42 Å². The molecule has 64 valence electrons. The van der Waals surface area contributed by atoms with Crippen LogP contribution in [-0.4, -0.2) is 0 Å². The van der Waals surface area contributed by atoms with Gasteiger partial charge in [0.1, 0.15) is 5.58 Å². The number of hydrogen-bond acceptors (Lipinski definition) is 4. The zero-order valence-electron chi connectivity index (χ0n) is 6.61. The average Bonchev–Trinajstić information content (AvgIpc) is 2.44. The second-order valence-electron chi connectivity index (χ2n) is 2.57. The van der Waals surface area contributed by atoms with E-state index in [9.17, 15) is 4.79 Å². The lowest BCUT2D eigenvalue weighted by molar-refractivity contribution is 0.585. The molecule has 1 aromatic carbocycles. The maximum Gasteiger partial charge on any atom is 0.396 e. The molecule has 0 atom stereocenters. The predicted molar refractivity (Wildman–Crippen MR) is 49.7 cm³/mol. The van der Waals surface area contributed by atoms with Gasteiger partial charge in [-0.05, 0) is 17.7 Å². The average molecular weight is 191 g/mol. The summed E-state index contributed by atoms with van der Waals surface area (Å²) in [6, 6.07) is 7.41. The number of rotatable bonds is 1. The lowest BCUT2D eigenvalue weighted by atomic mass is 10.2. The molecule has 0 fully saturated rings. The van der Waals surface area contributed by atoms with Gasteiger partial charge in [-0.1, -0.05) is 17.4 Å². The Balaban J connectivity index is 2.62. The Morgan fingerprint density at radius 3 is 3.15 bits per heavy atom. The Bertz CT molecular complexity index is 532. The number of fused-ring (bicyclic) bond motifs is 1. The molecule has 0 saturated carbocycles. The highest BCUT2D eigenvalue weighted by Gasteiger charge is 2.02. The van der Waals surface area contributed by atoms with E-state index in [1.54, 1.807) is 12.1 Å². The molecule has 0 amide bonds. The Hall–Kier alpha value is -1.60. The van der Waals surface area contributed by atoms with E-state index in [2.05, 4.69) is 0 Å². The third-order valence-corrected chi connectivity index (χ3v) is 2.49. The van der Waals surface area contributed by atoms with Crippen LogP contribution in [0, 0.1) is 11.3 Å². The van der Waals surface area contributed by atoms with Crippen molar-refractivity contribution < 1.29 is 4.42 Å². The van der Waals surface area contributed by atoms with E-state index in [1.807, 2.05) is 12.1 Å². The first-order chi connectivity index (χ1) is 6.29. The van der Waals surface area contributed by atoms with Crippen molar-refractivity contribution in [1.29, 1.82) is 5.26 Å². The van der Waals surface area contributed by atoms with Crippen molar-refractivity contribution in [2.24, 2.45) is 0 Å². The first kappa shape index (κ1) is 8.02. The monoisotopic (exact) mass is 191 g/mol. The van der Waals surface area contributed by atoms with E-state index in [-0.39, 0.29) is 4.94 Å². The molecule has 0 radical (unpaired) electrons.